The number of methoxy groups -OCH3 is 1. The Balaban J connectivity index is 1.52. The van der Waals surface area contributed by atoms with Gasteiger partial charge in [-0.3, -0.25) is 9.36 Å². The van der Waals surface area contributed by atoms with Crippen molar-refractivity contribution in [3.63, 3.8) is 0 Å². The number of fused-ring (bicyclic) bond motifs is 1. The van der Waals surface area contributed by atoms with Crippen molar-refractivity contribution in [2.75, 3.05) is 31.8 Å². The fourth-order valence-corrected chi connectivity index (χ4v) is 5.56. The minimum Gasteiger partial charge on any atom is -0.468 e. The molecule has 3 heterocycles. The van der Waals surface area contributed by atoms with Gasteiger partial charge in [0.1, 0.15) is 18.8 Å². The molecule has 1 aliphatic rings. The highest BCUT2D eigenvalue weighted by Crippen LogP contribution is 2.44. The van der Waals surface area contributed by atoms with E-state index in [1.54, 1.807) is 44.3 Å². The number of carbonyl (C=O) groups is 1. The molecule has 204 valence electrons. The highest BCUT2D eigenvalue weighted by molar-refractivity contribution is 8.01. The van der Waals surface area contributed by atoms with E-state index in [0.717, 1.165) is 0 Å². The summed E-state index contributed by atoms with van der Waals surface area (Å²) in [6.45, 7) is 2.46. The van der Waals surface area contributed by atoms with Crippen molar-refractivity contribution in [2.24, 2.45) is 0 Å². The van der Waals surface area contributed by atoms with Gasteiger partial charge in [0.2, 0.25) is 17.8 Å². The van der Waals surface area contributed by atoms with Gasteiger partial charge < -0.3 is 30.5 Å². The van der Waals surface area contributed by atoms with Gasteiger partial charge >= 0.3 is 13.0 Å². The standard InChI is InChI=1S/C22H28FN7O6PS/c1-12(19(32)33-4)30(36-13-8-6-5-7-9-13)37(38)34-10-14-16(31)22(2,23)20(35-14)29-11-26-15-17(25-3)27-21(24)28-18(15)29/h5-9,11-12,14,16,20,31H,10H2,1-4H3,(H3,24,25,27,28)/q+1/t12-,14+,16+,20+,22+/m0/s1. The maximum absolute atomic E-state index is 15.9. The number of esters is 1. The average Bonchev–Trinajstić information content (AvgIpc) is 3.42. The molecule has 4 N–H and O–H groups in total. The fourth-order valence-electron chi connectivity index (χ4n) is 3.93. The van der Waals surface area contributed by atoms with Crippen molar-refractivity contribution in [3.8, 4) is 5.75 Å². The Kier molecular flexibility index (Phi) is 8.35. The molecule has 1 aliphatic heterocycles. The van der Waals surface area contributed by atoms with Gasteiger partial charge in [0.05, 0.1) is 18.3 Å². The number of anilines is 2. The molecule has 4 rings (SSSR count). The molecule has 0 saturated carbocycles. The van der Waals surface area contributed by atoms with Crippen LogP contribution in [0.4, 0.5) is 16.2 Å². The molecule has 13 nitrogen and oxygen atoms in total. The summed E-state index contributed by atoms with van der Waals surface area (Å²) >= 11 is 5.50. The molecule has 0 amide bonds. The Labute approximate surface area is 223 Å². The predicted octanol–water partition coefficient (Wildman–Crippen LogP) is 2.08. The lowest BCUT2D eigenvalue weighted by atomic mass is 9.98. The van der Waals surface area contributed by atoms with Gasteiger partial charge in [0.25, 0.3) is 0 Å². The molecular formula is C22H28FN7O6PS+. The summed E-state index contributed by atoms with van der Waals surface area (Å²) in [6, 6.07) is 7.77. The number of alkyl halides is 1. The minimum absolute atomic E-state index is 0.0439. The molecule has 1 saturated heterocycles. The van der Waals surface area contributed by atoms with Gasteiger partial charge in [-0.25, -0.2) is 9.37 Å². The van der Waals surface area contributed by atoms with Crippen molar-refractivity contribution in [3.05, 3.63) is 36.7 Å². The van der Waals surface area contributed by atoms with Crippen LogP contribution in [-0.2, 0) is 30.6 Å². The van der Waals surface area contributed by atoms with Crippen LogP contribution >= 0.6 is 7.07 Å². The number of aliphatic hydroxyl groups is 1. The molecule has 0 aliphatic carbocycles. The van der Waals surface area contributed by atoms with Crippen LogP contribution in [0.15, 0.2) is 36.7 Å². The average molecular weight is 569 g/mol. The van der Waals surface area contributed by atoms with Crippen LogP contribution in [-0.4, -0.2) is 80.1 Å². The van der Waals surface area contributed by atoms with E-state index < -0.39 is 43.2 Å². The number of hydroxylamine groups is 1. The number of hydrogen-bond acceptors (Lipinski definition) is 12. The van der Waals surface area contributed by atoms with E-state index >= 15 is 4.39 Å². The first kappa shape index (κ1) is 28.0. The third-order valence-electron chi connectivity index (χ3n) is 5.97. The third kappa shape index (κ3) is 5.39. The Morgan fingerprint density at radius 1 is 1.42 bits per heavy atom. The highest BCUT2D eigenvalue weighted by Gasteiger charge is 2.56. The number of para-hydroxylation sites is 1. The van der Waals surface area contributed by atoms with Gasteiger partial charge in [-0.2, -0.15) is 9.97 Å². The van der Waals surface area contributed by atoms with Crippen molar-refractivity contribution in [1.82, 2.24) is 24.4 Å². The first-order valence-electron chi connectivity index (χ1n) is 11.5. The van der Waals surface area contributed by atoms with Crippen LogP contribution in [0.2, 0.25) is 0 Å². The molecule has 0 spiro atoms. The third-order valence-corrected chi connectivity index (χ3v) is 7.89. The molecule has 1 fully saturated rings. The second kappa shape index (κ2) is 11.4. The van der Waals surface area contributed by atoms with E-state index in [1.807, 2.05) is 0 Å². The van der Waals surface area contributed by atoms with E-state index in [-0.39, 0.29) is 18.2 Å². The molecule has 38 heavy (non-hydrogen) atoms. The predicted molar refractivity (Wildman–Crippen MR) is 139 cm³/mol. The van der Waals surface area contributed by atoms with Gasteiger partial charge in [0, 0.05) is 7.05 Å². The SMILES string of the molecule is CNc1nc(N)nc2c1ncn2[C@@H]1O[C@H](CO[P+](=S)N(Oc2ccccc2)[C@@H](C)C(=O)OC)[C@@H](O)[C@@]1(C)F. The molecule has 0 bridgehead atoms. The van der Waals surface area contributed by atoms with Gasteiger partial charge in [-0.1, -0.05) is 18.2 Å². The number of rotatable bonds is 10. The summed E-state index contributed by atoms with van der Waals surface area (Å²) in [6.07, 6.45) is -2.67. The van der Waals surface area contributed by atoms with Crippen molar-refractivity contribution >= 4 is 47.8 Å². The topological polar surface area (TPSA) is 159 Å². The summed E-state index contributed by atoms with van der Waals surface area (Å²) in [5.74, 6) is 0.148. The number of nitrogens with one attached hydrogen (secondary N) is 1. The molecule has 1 unspecified atom stereocenters. The number of carbonyl (C=O) groups excluding carboxylic acids is 1. The molecular weight excluding hydrogens is 540 g/mol. The van der Waals surface area contributed by atoms with Crippen LogP contribution in [0.1, 0.15) is 20.1 Å². The van der Waals surface area contributed by atoms with Crippen LogP contribution in [0, 0.1) is 0 Å². The number of benzene rings is 1. The van der Waals surface area contributed by atoms with E-state index in [4.69, 9.17) is 36.4 Å². The van der Waals surface area contributed by atoms with E-state index in [9.17, 15) is 9.90 Å². The van der Waals surface area contributed by atoms with E-state index in [1.165, 1.54) is 29.8 Å². The summed E-state index contributed by atoms with van der Waals surface area (Å²) in [5.41, 5.74) is 4.13. The van der Waals surface area contributed by atoms with Crippen LogP contribution < -0.4 is 15.9 Å². The zero-order valence-corrected chi connectivity index (χ0v) is 22.7. The summed E-state index contributed by atoms with van der Waals surface area (Å²) in [5, 5.41) is 13.7. The first-order chi connectivity index (χ1) is 18.1. The number of imidazole rings is 1. The second-order valence-electron chi connectivity index (χ2n) is 8.57. The number of nitrogen functional groups attached to an aromatic ring is 1. The quantitative estimate of drug-likeness (QED) is 0.186. The second-order valence-corrected chi connectivity index (χ2v) is 10.6. The molecule has 0 radical (unpaired) electrons. The summed E-state index contributed by atoms with van der Waals surface area (Å²) in [4.78, 5) is 31.7. The number of nitrogens with two attached hydrogens (primary N) is 1. The molecule has 16 heteroatoms. The number of ether oxygens (including phenoxy) is 2. The first-order valence-corrected chi connectivity index (χ1v) is 13.7. The lowest BCUT2D eigenvalue weighted by Gasteiger charge is -2.24. The molecule has 3 aromatic rings. The Morgan fingerprint density at radius 2 is 2.13 bits per heavy atom. The lowest BCUT2D eigenvalue weighted by molar-refractivity contribution is -0.151. The van der Waals surface area contributed by atoms with Crippen molar-refractivity contribution in [2.45, 2.75) is 44.0 Å². The maximum Gasteiger partial charge on any atom is 0.480 e. The van der Waals surface area contributed by atoms with Crippen LogP contribution in [0.5, 0.6) is 5.75 Å². The molecule has 1 aromatic carbocycles. The summed E-state index contributed by atoms with van der Waals surface area (Å²) in [7, 11) is 0.891. The zero-order chi connectivity index (χ0) is 27.6. The number of aliphatic hydroxyl groups excluding tert-OH is 1. The smallest absolute Gasteiger partial charge is 0.468 e. The molecule has 2 aromatic heterocycles. The normalized spacial score (nSPS) is 24.4. The minimum atomic E-state index is -2.26. The van der Waals surface area contributed by atoms with Crippen LogP contribution in [0.25, 0.3) is 11.2 Å². The number of hydrogen-bond donors (Lipinski definition) is 3. The number of aromatic nitrogens is 4. The van der Waals surface area contributed by atoms with E-state index in [2.05, 4.69) is 20.3 Å². The van der Waals surface area contributed by atoms with E-state index in [0.29, 0.717) is 17.1 Å². The Hall–Kier alpha value is -3.07. The van der Waals surface area contributed by atoms with Gasteiger partial charge in [0.15, 0.2) is 40.7 Å². The lowest BCUT2D eigenvalue weighted by Crippen LogP contribution is -2.41. The van der Waals surface area contributed by atoms with Crippen molar-refractivity contribution in [1.29, 1.82) is 0 Å². The zero-order valence-electron chi connectivity index (χ0n) is 21.0. The van der Waals surface area contributed by atoms with Crippen LogP contribution in [0.3, 0.4) is 0 Å². The largest absolute Gasteiger partial charge is 0.480 e. The summed E-state index contributed by atoms with van der Waals surface area (Å²) < 4.78 is 33.7. The highest BCUT2D eigenvalue weighted by atomic mass is 32.4. The Bertz CT molecular complexity index is 1320. The number of halogens is 1. The number of nitrogens with zero attached hydrogens (tertiary/aromatic N) is 5. The molecule has 6 atom stereocenters. The van der Waals surface area contributed by atoms with Crippen molar-refractivity contribution < 1.29 is 33.1 Å². The fraction of sp³-hybridized carbons (Fsp3) is 0.455. The van der Waals surface area contributed by atoms with Gasteiger partial charge in [-0.05, 0) is 26.0 Å². The monoisotopic (exact) mass is 568 g/mol. The van der Waals surface area contributed by atoms with Gasteiger partial charge in [-0.15, -0.1) is 4.52 Å². The maximum atomic E-state index is 15.9. The Morgan fingerprint density at radius 3 is 2.79 bits per heavy atom.